The van der Waals surface area contributed by atoms with E-state index in [2.05, 4.69) is 10.6 Å². The first-order valence-electron chi connectivity index (χ1n) is 8.72. The standard InChI is InChI=1S/C19H24N4O2/c24-18(16-7-2-1-3-8-16)23-13-6-9-17(15-23)21-19(25)20-10-14-22-11-4-5-12-22/h1-5,7-8,11-12,17H,6,9-10,13-15H2,(H2,20,21,25)/t17-/m0/s1. The molecule has 6 nitrogen and oxygen atoms in total. The molecule has 0 saturated carbocycles. The summed E-state index contributed by atoms with van der Waals surface area (Å²) < 4.78 is 2.02. The van der Waals surface area contributed by atoms with E-state index in [0.717, 1.165) is 25.9 Å². The number of piperidine rings is 1. The Morgan fingerprint density at radius 1 is 1.08 bits per heavy atom. The molecule has 0 bridgehead atoms. The second-order valence-corrected chi connectivity index (χ2v) is 6.28. The van der Waals surface area contributed by atoms with Gasteiger partial charge in [0.15, 0.2) is 0 Å². The molecule has 25 heavy (non-hydrogen) atoms. The molecular formula is C19H24N4O2. The number of rotatable bonds is 5. The van der Waals surface area contributed by atoms with Gasteiger partial charge in [-0.15, -0.1) is 0 Å². The van der Waals surface area contributed by atoms with E-state index in [4.69, 9.17) is 0 Å². The quantitative estimate of drug-likeness (QED) is 0.875. The molecule has 2 aromatic rings. The van der Waals surface area contributed by atoms with Crippen LogP contribution in [0.15, 0.2) is 54.9 Å². The van der Waals surface area contributed by atoms with Gasteiger partial charge in [0.1, 0.15) is 0 Å². The minimum absolute atomic E-state index is 0.00649. The van der Waals surface area contributed by atoms with Crippen LogP contribution in [0, 0.1) is 0 Å². The number of carbonyl (C=O) groups is 2. The van der Waals surface area contributed by atoms with E-state index in [1.807, 2.05) is 64.3 Å². The molecule has 0 unspecified atom stereocenters. The minimum atomic E-state index is -0.175. The fourth-order valence-electron chi connectivity index (χ4n) is 3.10. The number of hydrogen-bond donors (Lipinski definition) is 2. The molecule has 0 radical (unpaired) electrons. The summed E-state index contributed by atoms with van der Waals surface area (Å²) in [5.74, 6) is 0.0279. The van der Waals surface area contributed by atoms with Gasteiger partial charge in [-0.05, 0) is 37.1 Å². The predicted molar refractivity (Wildman–Crippen MR) is 96.3 cm³/mol. The summed E-state index contributed by atoms with van der Waals surface area (Å²) in [4.78, 5) is 26.4. The summed E-state index contributed by atoms with van der Waals surface area (Å²) in [5.41, 5.74) is 0.694. The van der Waals surface area contributed by atoms with Crippen LogP contribution >= 0.6 is 0 Å². The summed E-state index contributed by atoms with van der Waals surface area (Å²) >= 11 is 0. The van der Waals surface area contributed by atoms with Crippen LogP contribution in [0.5, 0.6) is 0 Å². The lowest BCUT2D eigenvalue weighted by Gasteiger charge is -2.33. The number of amides is 3. The predicted octanol–water partition coefficient (Wildman–Crippen LogP) is 2.09. The number of nitrogens with one attached hydrogen (secondary N) is 2. The number of nitrogens with zero attached hydrogens (tertiary/aromatic N) is 2. The smallest absolute Gasteiger partial charge is 0.315 e. The number of urea groups is 1. The van der Waals surface area contributed by atoms with Crippen molar-refractivity contribution < 1.29 is 9.59 Å². The number of hydrogen-bond acceptors (Lipinski definition) is 2. The first-order chi connectivity index (χ1) is 12.2. The first-order valence-corrected chi connectivity index (χ1v) is 8.72. The molecule has 0 spiro atoms. The highest BCUT2D eigenvalue weighted by molar-refractivity contribution is 5.94. The Morgan fingerprint density at radius 2 is 1.84 bits per heavy atom. The van der Waals surface area contributed by atoms with Crippen molar-refractivity contribution in [3.63, 3.8) is 0 Å². The summed E-state index contributed by atoms with van der Waals surface area (Å²) in [6, 6.07) is 13.0. The van der Waals surface area contributed by atoms with Crippen LogP contribution in [-0.2, 0) is 6.54 Å². The lowest BCUT2D eigenvalue weighted by Crippen LogP contribution is -2.52. The Labute approximate surface area is 147 Å². The highest BCUT2D eigenvalue weighted by Gasteiger charge is 2.25. The highest BCUT2D eigenvalue weighted by Crippen LogP contribution is 2.13. The van der Waals surface area contributed by atoms with Crippen molar-refractivity contribution in [3.05, 3.63) is 60.4 Å². The normalized spacial score (nSPS) is 17.1. The van der Waals surface area contributed by atoms with Gasteiger partial charge in [-0.1, -0.05) is 18.2 Å². The molecule has 1 atom stereocenters. The second-order valence-electron chi connectivity index (χ2n) is 6.28. The Balaban J connectivity index is 1.44. The maximum atomic E-state index is 12.5. The fraction of sp³-hybridized carbons (Fsp3) is 0.368. The Morgan fingerprint density at radius 3 is 2.60 bits per heavy atom. The number of likely N-dealkylation sites (tertiary alicyclic amines) is 1. The molecule has 1 aromatic carbocycles. The molecule has 1 aromatic heterocycles. The highest BCUT2D eigenvalue weighted by atomic mass is 16.2. The Hall–Kier alpha value is -2.76. The van der Waals surface area contributed by atoms with Crippen molar-refractivity contribution in [1.82, 2.24) is 20.1 Å². The Bertz CT molecular complexity index is 685. The molecule has 0 aliphatic carbocycles. The molecular weight excluding hydrogens is 316 g/mol. The molecule has 1 saturated heterocycles. The SMILES string of the molecule is O=C(NCCn1cccc1)N[C@H]1CCCN(C(=O)c2ccccc2)C1. The molecule has 3 rings (SSSR count). The number of benzene rings is 1. The van der Waals surface area contributed by atoms with Gasteiger partial charge in [0.25, 0.3) is 5.91 Å². The summed E-state index contributed by atoms with van der Waals surface area (Å²) in [6.45, 7) is 2.60. The van der Waals surface area contributed by atoms with Crippen molar-refractivity contribution >= 4 is 11.9 Å². The van der Waals surface area contributed by atoms with E-state index >= 15 is 0 Å². The molecule has 1 fully saturated rings. The van der Waals surface area contributed by atoms with E-state index in [-0.39, 0.29) is 18.0 Å². The van der Waals surface area contributed by atoms with Crippen LogP contribution in [0.3, 0.4) is 0 Å². The third-order valence-corrected chi connectivity index (χ3v) is 4.39. The van der Waals surface area contributed by atoms with Gasteiger partial charge in [-0.2, -0.15) is 0 Å². The zero-order valence-corrected chi connectivity index (χ0v) is 14.2. The van der Waals surface area contributed by atoms with Crippen LogP contribution in [0.4, 0.5) is 4.79 Å². The number of aromatic nitrogens is 1. The maximum Gasteiger partial charge on any atom is 0.315 e. The van der Waals surface area contributed by atoms with Gasteiger partial charge >= 0.3 is 6.03 Å². The van der Waals surface area contributed by atoms with E-state index in [1.54, 1.807) is 0 Å². The van der Waals surface area contributed by atoms with Crippen LogP contribution in [0.1, 0.15) is 23.2 Å². The molecule has 2 heterocycles. The van der Waals surface area contributed by atoms with Gasteiger partial charge in [0.05, 0.1) is 0 Å². The fourth-order valence-corrected chi connectivity index (χ4v) is 3.10. The van der Waals surface area contributed by atoms with Crippen LogP contribution in [-0.4, -0.2) is 47.1 Å². The zero-order valence-electron chi connectivity index (χ0n) is 14.2. The first kappa shape index (κ1) is 17.1. The molecule has 2 N–H and O–H groups in total. The Kier molecular flexibility index (Phi) is 5.72. The number of carbonyl (C=O) groups excluding carboxylic acids is 2. The van der Waals surface area contributed by atoms with Crippen LogP contribution in [0.25, 0.3) is 0 Å². The lowest BCUT2D eigenvalue weighted by molar-refractivity contribution is 0.0697. The van der Waals surface area contributed by atoms with E-state index in [9.17, 15) is 9.59 Å². The van der Waals surface area contributed by atoms with Crippen molar-refractivity contribution in [2.45, 2.75) is 25.4 Å². The summed E-state index contributed by atoms with van der Waals surface area (Å²) in [6.07, 6.45) is 5.72. The van der Waals surface area contributed by atoms with Crippen molar-refractivity contribution in [2.75, 3.05) is 19.6 Å². The van der Waals surface area contributed by atoms with Crippen molar-refractivity contribution in [1.29, 1.82) is 0 Å². The third-order valence-electron chi connectivity index (χ3n) is 4.39. The van der Waals surface area contributed by atoms with E-state index < -0.39 is 0 Å². The van der Waals surface area contributed by atoms with Crippen molar-refractivity contribution in [2.24, 2.45) is 0 Å². The summed E-state index contributed by atoms with van der Waals surface area (Å²) in [7, 11) is 0. The van der Waals surface area contributed by atoms with Gasteiger partial charge in [-0.25, -0.2) is 4.79 Å². The molecule has 1 aliphatic heterocycles. The summed E-state index contributed by atoms with van der Waals surface area (Å²) in [5, 5.41) is 5.85. The monoisotopic (exact) mass is 340 g/mol. The minimum Gasteiger partial charge on any atom is -0.353 e. The molecule has 132 valence electrons. The molecule has 6 heteroatoms. The van der Waals surface area contributed by atoms with Crippen LogP contribution < -0.4 is 10.6 Å². The molecule has 1 aliphatic rings. The topological polar surface area (TPSA) is 66.4 Å². The second kappa shape index (κ2) is 8.37. The van der Waals surface area contributed by atoms with Gasteiger partial charge in [0.2, 0.25) is 0 Å². The van der Waals surface area contributed by atoms with E-state index in [1.165, 1.54) is 0 Å². The van der Waals surface area contributed by atoms with Gasteiger partial charge < -0.3 is 20.1 Å². The third kappa shape index (κ3) is 4.86. The van der Waals surface area contributed by atoms with E-state index in [0.29, 0.717) is 18.7 Å². The average molecular weight is 340 g/mol. The maximum absolute atomic E-state index is 12.5. The zero-order chi connectivity index (χ0) is 17.5. The molecule has 3 amide bonds. The lowest BCUT2D eigenvalue weighted by atomic mass is 10.0. The van der Waals surface area contributed by atoms with Gasteiger partial charge in [-0.3, -0.25) is 4.79 Å². The largest absolute Gasteiger partial charge is 0.353 e. The van der Waals surface area contributed by atoms with Gasteiger partial charge in [0, 0.05) is 50.2 Å². The van der Waals surface area contributed by atoms with Crippen LogP contribution in [0.2, 0.25) is 0 Å². The average Bonchev–Trinajstić information content (AvgIpc) is 3.15. The van der Waals surface area contributed by atoms with Crippen molar-refractivity contribution in [3.8, 4) is 0 Å².